The largest absolute Gasteiger partial charge is 0.456 e. The number of rotatable bonds is 3. The molecule has 0 atom stereocenters. The van der Waals surface area contributed by atoms with Gasteiger partial charge in [0.2, 0.25) is 0 Å². The first-order chi connectivity index (χ1) is 7.40. The first-order valence-corrected chi connectivity index (χ1v) is 7.16. The predicted octanol–water partition coefficient (Wildman–Crippen LogP) is 5.91. The van der Waals surface area contributed by atoms with Crippen LogP contribution in [0.3, 0.4) is 0 Å². The first-order valence-electron chi connectivity index (χ1n) is 4.50. The molecule has 0 radical (unpaired) electrons. The number of hydrogen-bond acceptors (Lipinski definition) is 2. The van der Waals surface area contributed by atoms with Crippen LogP contribution in [0.1, 0.15) is 0 Å². The highest BCUT2D eigenvalue weighted by molar-refractivity contribution is 9.50. The van der Waals surface area contributed by atoms with Gasteiger partial charge in [0, 0.05) is 0 Å². The van der Waals surface area contributed by atoms with E-state index in [0.29, 0.717) is 0 Å². The van der Waals surface area contributed by atoms with E-state index < -0.39 is 0 Å². The first kappa shape index (κ1) is 27.4. The number of para-hydroxylation sites is 2. The molecule has 0 aromatic heterocycles. The molecular weight excluding hydrogens is 384 g/mol. The van der Waals surface area contributed by atoms with E-state index in [9.17, 15) is 0 Å². The zero-order valence-corrected chi connectivity index (χ0v) is 13.2. The fourth-order valence-electron chi connectivity index (χ4n) is 1.21. The fourth-order valence-corrected chi connectivity index (χ4v) is 2.33. The molecule has 0 aliphatic carbocycles. The number of hydrogen-bond donors (Lipinski definition) is 0. The molecule has 116 valence electrons. The van der Waals surface area contributed by atoms with Crippen molar-refractivity contribution >= 4 is 37.4 Å². The van der Waals surface area contributed by atoms with E-state index in [2.05, 4.69) is 14.8 Å². The highest BCUT2D eigenvalue weighted by Gasteiger charge is 2.02. The normalized spacial score (nSPS) is 7.45. The molecule has 0 spiro atoms. The Labute approximate surface area is 132 Å². The highest BCUT2D eigenvalue weighted by Crippen LogP contribution is 2.35. The second kappa shape index (κ2) is 14.5. The molecule has 20 heavy (non-hydrogen) atoms. The predicted molar refractivity (Wildman–Crippen MR) is 85.0 cm³/mol. The van der Waals surface area contributed by atoms with E-state index in [1.807, 2.05) is 54.6 Å². The van der Waals surface area contributed by atoms with Gasteiger partial charge in [-0.1, -0.05) is 30.3 Å². The van der Waals surface area contributed by atoms with E-state index >= 15 is 0 Å². The minimum absolute atomic E-state index is 0. The van der Waals surface area contributed by atoms with Crippen LogP contribution in [0, 0.1) is 0 Å². The van der Waals surface area contributed by atoms with E-state index in [1.54, 1.807) is 0 Å². The van der Waals surface area contributed by atoms with Crippen LogP contribution in [0.15, 0.2) is 59.5 Å². The smallest absolute Gasteiger partial charge is 0.141 e. The van der Waals surface area contributed by atoms with Crippen LogP contribution in [0.5, 0.6) is 11.5 Å². The van der Waals surface area contributed by atoms with Crippen LogP contribution in [0.2, 0.25) is 0 Å². The van der Waals surface area contributed by atoms with Crippen molar-refractivity contribution in [2.45, 2.75) is 4.90 Å². The molecule has 8 heteroatoms. The molecule has 0 fully saturated rings. The Balaban J connectivity index is -0.000000256. The highest BCUT2D eigenvalue weighted by atomic mass is 79.9. The van der Waals surface area contributed by atoms with Crippen LogP contribution in [-0.4, -0.2) is 0 Å². The molecule has 2 rings (SSSR count). The van der Waals surface area contributed by atoms with Gasteiger partial charge >= 0.3 is 0 Å². The molecule has 0 N–H and O–H groups in total. The molecule has 0 bridgehead atoms. The van der Waals surface area contributed by atoms with Crippen molar-refractivity contribution in [3.63, 3.8) is 0 Å². The van der Waals surface area contributed by atoms with E-state index in [0.717, 1.165) is 16.4 Å². The summed E-state index contributed by atoms with van der Waals surface area (Å²) < 4.78 is 5.75. The van der Waals surface area contributed by atoms with E-state index in [4.69, 9.17) is 4.74 Å². The van der Waals surface area contributed by atoms with Gasteiger partial charge in [0.15, 0.2) is 0 Å². The molecule has 0 aliphatic rings. The van der Waals surface area contributed by atoms with Gasteiger partial charge in [0.1, 0.15) is 11.5 Å². The quantitative estimate of drug-likeness (QED) is 0.595. The standard InChI is InChI=1S/C12H9BrOS.ClH.4FH/c13-15-12-9-5-4-8-11(12)14-10-6-2-1-3-7-10;;;;;/h1-9H;5*1H. The van der Waals surface area contributed by atoms with Crippen molar-refractivity contribution in [2.75, 3.05) is 0 Å². The molecule has 0 unspecified atom stereocenters. The summed E-state index contributed by atoms with van der Waals surface area (Å²) in [5.74, 6) is 1.72. The summed E-state index contributed by atoms with van der Waals surface area (Å²) in [7, 11) is 1.50. The minimum Gasteiger partial charge on any atom is -0.456 e. The SMILES string of the molecule is BrSc1ccccc1Oc1ccccc1.Cl.F.F.F.F. The molecular formula is C12H14BrClF4OS. The fraction of sp³-hybridized carbons (Fsp3) is 0. The molecule has 1 nitrogen and oxygen atoms in total. The summed E-state index contributed by atoms with van der Waals surface area (Å²) in [6.45, 7) is 0. The monoisotopic (exact) mass is 396 g/mol. The number of halogens is 6. The lowest BCUT2D eigenvalue weighted by atomic mass is 10.3. The molecule has 0 saturated carbocycles. The molecule has 2 aromatic rings. The third-order valence-electron chi connectivity index (χ3n) is 1.90. The van der Waals surface area contributed by atoms with Gasteiger partial charge in [0.05, 0.1) is 4.90 Å². The van der Waals surface area contributed by atoms with Gasteiger partial charge in [-0.25, -0.2) is 0 Å². The van der Waals surface area contributed by atoms with Crippen LogP contribution in [-0.2, 0) is 0 Å². The Bertz CT molecular complexity index is 450. The second-order valence-electron chi connectivity index (χ2n) is 2.94. The topological polar surface area (TPSA) is 9.23 Å². The second-order valence-corrected chi connectivity index (χ2v) is 4.50. The Morgan fingerprint density at radius 3 is 1.80 bits per heavy atom. The average molecular weight is 398 g/mol. The molecule has 0 heterocycles. The third kappa shape index (κ3) is 7.62. The zero-order chi connectivity index (χ0) is 10.5. The Hall–Kier alpha value is -0.920. The van der Waals surface area contributed by atoms with Gasteiger partial charge in [-0.2, -0.15) is 0 Å². The Morgan fingerprint density at radius 1 is 0.750 bits per heavy atom. The summed E-state index contributed by atoms with van der Waals surface area (Å²) in [6.07, 6.45) is 0. The summed E-state index contributed by atoms with van der Waals surface area (Å²) in [5.41, 5.74) is 0. The van der Waals surface area contributed by atoms with Crippen molar-refractivity contribution in [2.24, 2.45) is 0 Å². The Morgan fingerprint density at radius 2 is 1.25 bits per heavy atom. The summed E-state index contributed by atoms with van der Waals surface area (Å²) >= 11 is 3.36. The average Bonchev–Trinajstić information content (AvgIpc) is 2.31. The van der Waals surface area contributed by atoms with Crippen LogP contribution >= 0.6 is 37.4 Å². The lowest BCUT2D eigenvalue weighted by Crippen LogP contribution is -1.84. The van der Waals surface area contributed by atoms with Gasteiger partial charge in [-0.3, -0.25) is 18.8 Å². The van der Waals surface area contributed by atoms with Gasteiger partial charge < -0.3 is 4.74 Å². The molecule has 0 aliphatic heterocycles. The van der Waals surface area contributed by atoms with Crippen molar-refractivity contribution in [3.8, 4) is 11.5 Å². The number of benzene rings is 2. The van der Waals surface area contributed by atoms with Crippen LogP contribution in [0.25, 0.3) is 0 Å². The van der Waals surface area contributed by atoms with Crippen LogP contribution in [0.4, 0.5) is 18.8 Å². The minimum atomic E-state index is 0. The van der Waals surface area contributed by atoms with Gasteiger partial charge in [-0.05, 0) is 49.3 Å². The third-order valence-corrected chi connectivity index (χ3v) is 3.45. The van der Waals surface area contributed by atoms with Gasteiger partial charge in [-0.15, -0.1) is 12.4 Å². The summed E-state index contributed by atoms with van der Waals surface area (Å²) in [4.78, 5) is 1.07. The van der Waals surface area contributed by atoms with Crippen molar-refractivity contribution in [1.29, 1.82) is 0 Å². The lowest BCUT2D eigenvalue weighted by molar-refractivity contribution is 0.471. The lowest BCUT2D eigenvalue weighted by Gasteiger charge is -2.08. The van der Waals surface area contributed by atoms with Crippen molar-refractivity contribution in [3.05, 3.63) is 54.6 Å². The zero-order valence-electron chi connectivity index (χ0n) is 9.93. The van der Waals surface area contributed by atoms with E-state index in [1.165, 1.54) is 10.2 Å². The number of ether oxygens (including phenoxy) is 1. The maximum atomic E-state index is 5.75. The molecule has 0 saturated heterocycles. The molecule has 2 aromatic carbocycles. The maximum absolute atomic E-state index is 5.75. The van der Waals surface area contributed by atoms with Crippen molar-refractivity contribution in [1.82, 2.24) is 0 Å². The Kier molecular flexibility index (Phi) is 19.9. The van der Waals surface area contributed by atoms with Gasteiger partial charge in [0.25, 0.3) is 0 Å². The maximum Gasteiger partial charge on any atom is 0.141 e. The summed E-state index contributed by atoms with van der Waals surface area (Å²) in [5, 5.41) is 0. The summed E-state index contributed by atoms with van der Waals surface area (Å²) in [6, 6.07) is 17.7. The van der Waals surface area contributed by atoms with Crippen molar-refractivity contribution < 1.29 is 23.6 Å². The molecule has 0 amide bonds. The van der Waals surface area contributed by atoms with Crippen LogP contribution < -0.4 is 4.74 Å². The van der Waals surface area contributed by atoms with E-state index in [-0.39, 0.29) is 31.2 Å².